The van der Waals surface area contributed by atoms with Gasteiger partial charge in [-0.2, -0.15) is 0 Å². The van der Waals surface area contributed by atoms with Gasteiger partial charge in [-0.05, 0) is 32.4 Å². The van der Waals surface area contributed by atoms with Crippen LogP contribution in [0.15, 0.2) is 24.3 Å². The summed E-state index contributed by atoms with van der Waals surface area (Å²) in [6.07, 6.45) is 0. The number of alkyl halides is 2. The Morgan fingerprint density at radius 1 is 1.04 bits per heavy atom. The lowest BCUT2D eigenvalue weighted by Gasteiger charge is -2.20. The fraction of sp³-hybridized carbons (Fsp3) is 0.529. The van der Waals surface area contributed by atoms with Crippen molar-refractivity contribution < 1.29 is 24.0 Å². The van der Waals surface area contributed by atoms with Crippen molar-refractivity contribution in [2.24, 2.45) is 0 Å². The summed E-state index contributed by atoms with van der Waals surface area (Å²) in [6, 6.07) is 8.12. The van der Waals surface area contributed by atoms with E-state index in [9.17, 15) is 9.59 Å². The smallest absolute Gasteiger partial charge is 0.319 e. The highest BCUT2D eigenvalue weighted by molar-refractivity contribution is 9.10. The second kappa shape index (κ2) is 10.8. The average Bonchev–Trinajstić information content (AvgIpc) is 2.52. The number of nitrogens with one attached hydrogen (secondary N) is 1. The number of esters is 2. The lowest BCUT2D eigenvalue weighted by Crippen LogP contribution is -3.08. The van der Waals surface area contributed by atoms with Gasteiger partial charge in [-0.3, -0.25) is 14.5 Å². The molecule has 1 aromatic carbocycles. The maximum absolute atomic E-state index is 11.5. The van der Waals surface area contributed by atoms with Crippen molar-refractivity contribution in [1.82, 2.24) is 0 Å². The highest BCUT2D eigenvalue weighted by atomic mass is 79.9. The average molecular weight is 466 g/mol. The van der Waals surface area contributed by atoms with E-state index < -0.39 is 0 Å². The molecule has 0 aliphatic rings. The second-order valence-corrected chi connectivity index (χ2v) is 8.29. The number of hydrogen-bond acceptors (Lipinski definition) is 4. The first-order valence-electron chi connectivity index (χ1n) is 7.84. The minimum Gasteiger partial charge on any atom is -0.459 e. The van der Waals surface area contributed by atoms with E-state index in [-0.39, 0.29) is 21.6 Å². The van der Waals surface area contributed by atoms with Crippen LogP contribution in [-0.4, -0.2) is 47.9 Å². The lowest BCUT2D eigenvalue weighted by molar-refractivity contribution is -0.833. The minimum absolute atomic E-state index is 0.280. The molecule has 5 nitrogen and oxygen atoms in total. The van der Waals surface area contributed by atoms with Gasteiger partial charge in [0.1, 0.15) is 41.6 Å². The maximum atomic E-state index is 11.5. The first-order valence-corrected chi connectivity index (χ1v) is 9.67. The van der Waals surface area contributed by atoms with Crippen LogP contribution in [0.2, 0.25) is 0 Å². The van der Waals surface area contributed by atoms with Crippen molar-refractivity contribution in [2.45, 2.75) is 30.4 Å². The number of quaternary nitrogens is 1. The molecule has 0 fully saturated rings. The Balaban J connectivity index is 2.62. The van der Waals surface area contributed by atoms with E-state index in [1.165, 1.54) is 0 Å². The molecule has 1 aromatic rings. The summed E-state index contributed by atoms with van der Waals surface area (Å²) in [5, 5.41) is 0. The fourth-order valence-corrected chi connectivity index (χ4v) is 2.32. The number of benzene rings is 1. The van der Waals surface area contributed by atoms with Crippen LogP contribution in [0.5, 0.6) is 0 Å². The summed E-state index contributed by atoms with van der Waals surface area (Å²) >= 11 is 6.38. The van der Waals surface area contributed by atoms with Gasteiger partial charge in [-0.15, -0.1) is 0 Å². The van der Waals surface area contributed by atoms with Crippen molar-refractivity contribution in [1.29, 1.82) is 0 Å². The van der Waals surface area contributed by atoms with Crippen LogP contribution in [0.3, 0.4) is 0 Å². The molecule has 0 saturated heterocycles. The highest BCUT2D eigenvalue weighted by Gasteiger charge is 2.17. The van der Waals surface area contributed by atoms with E-state index in [0.717, 1.165) is 16.2 Å². The first-order chi connectivity index (χ1) is 11.3. The van der Waals surface area contributed by atoms with Crippen molar-refractivity contribution in [3.63, 3.8) is 0 Å². The Morgan fingerprint density at radius 3 is 1.96 bits per heavy atom. The van der Waals surface area contributed by atoms with Crippen LogP contribution in [0.25, 0.3) is 0 Å². The van der Waals surface area contributed by atoms with E-state index in [0.29, 0.717) is 26.3 Å². The minimum atomic E-state index is -0.318. The van der Waals surface area contributed by atoms with Gasteiger partial charge < -0.3 is 9.47 Å². The van der Waals surface area contributed by atoms with E-state index in [1.807, 2.05) is 25.1 Å². The van der Waals surface area contributed by atoms with Crippen LogP contribution in [-0.2, 0) is 19.1 Å². The Bertz CT molecular complexity index is 523. The number of rotatable bonds is 9. The van der Waals surface area contributed by atoms with E-state index in [2.05, 4.69) is 37.9 Å². The largest absolute Gasteiger partial charge is 0.459 e. The molecule has 0 heterocycles. The molecule has 0 saturated carbocycles. The molecule has 0 spiro atoms. The van der Waals surface area contributed by atoms with Crippen LogP contribution >= 0.6 is 31.9 Å². The zero-order valence-electron chi connectivity index (χ0n) is 14.2. The van der Waals surface area contributed by atoms with Gasteiger partial charge in [0.05, 0.1) is 0 Å². The topological polar surface area (TPSA) is 57.0 Å². The number of aryl methyl sites for hydroxylation is 1. The normalized spacial score (nSPS) is 14.5. The van der Waals surface area contributed by atoms with Crippen LogP contribution in [0, 0.1) is 6.92 Å². The predicted molar refractivity (Wildman–Crippen MR) is 100 cm³/mol. The number of ether oxygens (including phenoxy) is 2. The van der Waals surface area contributed by atoms with Gasteiger partial charge >= 0.3 is 11.9 Å². The maximum Gasteiger partial charge on any atom is 0.319 e. The molecule has 2 unspecified atom stereocenters. The van der Waals surface area contributed by atoms with Gasteiger partial charge in [0.15, 0.2) is 0 Å². The van der Waals surface area contributed by atoms with Gasteiger partial charge in [-0.1, -0.05) is 44.0 Å². The van der Waals surface area contributed by atoms with Crippen LogP contribution in [0.4, 0.5) is 5.69 Å². The number of carbonyl (C=O) groups is 2. The monoisotopic (exact) mass is 464 g/mol. The third-order valence-corrected chi connectivity index (χ3v) is 4.12. The second-order valence-electron chi connectivity index (χ2n) is 5.54. The van der Waals surface area contributed by atoms with Crippen molar-refractivity contribution in [3.05, 3.63) is 29.8 Å². The van der Waals surface area contributed by atoms with Crippen molar-refractivity contribution >= 4 is 49.5 Å². The Morgan fingerprint density at radius 2 is 1.54 bits per heavy atom. The molecule has 7 heteroatoms. The van der Waals surface area contributed by atoms with Crippen LogP contribution in [0.1, 0.15) is 19.4 Å². The van der Waals surface area contributed by atoms with Crippen molar-refractivity contribution in [2.75, 3.05) is 26.3 Å². The highest BCUT2D eigenvalue weighted by Crippen LogP contribution is 2.05. The molecule has 1 N–H and O–H groups in total. The molecule has 0 amide bonds. The molecule has 0 radical (unpaired) electrons. The zero-order valence-corrected chi connectivity index (χ0v) is 17.4. The molecule has 24 heavy (non-hydrogen) atoms. The van der Waals surface area contributed by atoms with E-state index >= 15 is 0 Å². The summed E-state index contributed by atoms with van der Waals surface area (Å²) in [6.45, 7) is 7.32. The van der Waals surface area contributed by atoms with Gasteiger partial charge in [0.2, 0.25) is 0 Å². The molecule has 0 bridgehead atoms. The number of hydrogen-bond donors (Lipinski definition) is 1. The van der Waals surface area contributed by atoms with Gasteiger partial charge in [0, 0.05) is 6.07 Å². The summed E-state index contributed by atoms with van der Waals surface area (Å²) in [5.74, 6) is -0.559. The molecule has 134 valence electrons. The van der Waals surface area contributed by atoms with Crippen molar-refractivity contribution in [3.8, 4) is 0 Å². The predicted octanol–water partition coefficient (Wildman–Crippen LogP) is 2.16. The molecule has 2 atom stereocenters. The van der Waals surface area contributed by atoms with Crippen LogP contribution < -0.4 is 4.90 Å². The van der Waals surface area contributed by atoms with E-state index in [4.69, 9.17) is 9.47 Å². The summed E-state index contributed by atoms with van der Waals surface area (Å²) in [7, 11) is 0. The van der Waals surface area contributed by atoms with Gasteiger partial charge in [-0.25, -0.2) is 0 Å². The third kappa shape index (κ3) is 7.77. The van der Waals surface area contributed by atoms with Gasteiger partial charge in [0.25, 0.3) is 0 Å². The first kappa shape index (κ1) is 21.1. The Kier molecular flexibility index (Phi) is 9.54. The molecular weight excluding hydrogens is 442 g/mol. The molecule has 0 aliphatic heterocycles. The molecular formula is C17H24Br2NO4+. The van der Waals surface area contributed by atoms with E-state index in [1.54, 1.807) is 13.8 Å². The zero-order chi connectivity index (χ0) is 18.1. The summed E-state index contributed by atoms with van der Waals surface area (Å²) < 4.78 is 10.5. The number of carbonyl (C=O) groups excluding carboxylic acids is 2. The fourth-order valence-electron chi connectivity index (χ4n) is 2.06. The molecule has 0 aromatic heterocycles. The summed E-state index contributed by atoms with van der Waals surface area (Å²) in [4.78, 5) is 23.5. The number of halogens is 2. The quantitative estimate of drug-likeness (QED) is 0.448. The Labute approximate surface area is 159 Å². The Hall–Kier alpha value is -0.920. The molecule has 1 rings (SSSR count). The molecule has 0 aliphatic carbocycles. The third-order valence-electron chi connectivity index (χ3n) is 3.37. The summed E-state index contributed by atoms with van der Waals surface area (Å²) in [5.41, 5.74) is 2.24. The standard InChI is InChI=1S/C17H23Br2NO4/c1-12-5-4-6-15(11-12)20(7-9-23-16(21)13(2)18)8-10-24-17(22)14(3)19/h4-6,11,13-14H,7-10H2,1-3H3/p+1. The lowest BCUT2D eigenvalue weighted by atomic mass is 10.2. The SMILES string of the molecule is Cc1cccc([NH+](CCOC(=O)C(C)Br)CCOC(=O)C(C)Br)c1.